The Kier molecular flexibility index (Phi) is 3.84. The maximum atomic E-state index is 11.6. The summed E-state index contributed by atoms with van der Waals surface area (Å²) in [7, 11) is -3.63. The van der Waals surface area contributed by atoms with Crippen molar-refractivity contribution in [1.82, 2.24) is 4.72 Å². The molecule has 15 heavy (non-hydrogen) atoms. The van der Waals surface area contributed by atoms with Gasteiger partial charge in [0, 0.05) is 0 Å². The summed E-state index contributed by atoms with van der Waals surface area (Å²) in [6.07, 6.45) is 0. The fraction of sp³-hybridized carbons (Fsp3) is 0.222. The first kappa shape index (κ1) is 12.2. The van der Waals surface area contributed by atoms with Gasteiger partial charge in [0.1, 0.15) is 0 Å². The zero-order valence-electron chi connectivity index (χ0n) is 8.03. The van der Waals surface area contributed by atoms with Gasteiger partial charge in [0.2, 0.25) is 15.3 Å². The Morgan fingerprint density at radius 3 is 2.67 bits per heavy atom. The lowest BCUT2D eigenvalue weighted by Gasteiger charge is -2.04. The van der Waals surface area contributed by atoms with Crippen molar-refractivity contribution in [1.29, 1.82) is 0 Å². The van der Waals surface area contributed by atoms with Gasteiger partial charge >= 0.3 is 0 Å². The van der Waals surface area contributed by atoms with E-state index in [0.29, 0.717) is 0 Å². The second-order valence-corrected chi connectivity index (χ2v) is 5.18. The van der Waals surface area contributed by atoms with Crippen molar-refractivity contribution >= 4 is 26.9 Å². The van der Waals surface area contributed by atoms with E-state index in [1.165, 1.54) is 12.1 Å². The molecule has 0 unspecified atom stereocenters. The van der Waals surface area contributed by atoms with Crippen LogP contribution in [0.15, 0.2) is 29.2 Å². The minimum absolute atomic E-state index is 0.125. The Hall–Kier alpha value is -0.910. The van der Waals surface area contributed by atoms with E-state index < -0.39 is 21.8 Å². The molecular weight excluding hydrogens is 238 g/mol. The number of halogens is 1. The molecular formula is C9H10ClNO3S. The van der Waals surface area contributed by atoms with Gasteiger partial charge in [0.05, 0.1) is 11.4 Å². The van der Waals surface area contributed by atoms with E-state index in [2.05, 4.69) is 4.72 Å². The van der Waals surface area contributed by atoms with E-state index in [4.69, 9.17) is 11.6 Å². The van der Waals surface area contributed by atoms with Crippen LogP contribution in [0.1, 0.15) is 5.56 Å². The van der Waals surface area contributed by atoms with E-state index in [1.807, 2.05) is 0 Å². The minimum Gasteiger partial charge on any atom is -0.280 e. The summed E-state index contributed by atoms with van der Waals surface area (Å²) in [5.41, 5.74) is 0.829. The largest absolute Gasteiger partial charge is 0.280 e. The van der Waals surface area contributed by atoms with Crippen LogP contribution in [0.3, 0.4) is 0 Å². The lowest BCUT2D eigenvalue weighted by Crippen LogP contribution is -2.27. The number of benzene rings is 1. The monoisotopic (exact) mass is 247 g/mol. The summed E-state index contributed by atoms with van der Waals surface area (Å²) in [5, 5.41) is -0.744. The van der Waals surface area contributed by atoms with E-state index in [0.717, 1.165) is 5.56 Å². The molecule has 0 aliphatic heterocycles. The van der Waals surface area contributed by atoms with Crippen molar-refractivity contribution in [2.45, 2.75) is 11.8 Å². The first-order valence-electron chi connectivity index (χ1n) is 4.16. The Labute approximate surface area is 93.3 Å². The number of sulfonamides is 1. The third kappa shape index (κ3) is 3.62. The number of rotatable bonds is 4. The van der Waals surface area contributed by atoms with E-state index in [-0.39, 0.29) is 4.90 Å². The second kappa shape index (κ2) is 4.74. The Morgan fingerprint density at radius 1 is 1.47 bits per heavy atom. The van der Waals surface area contributed by atoms with Gasteiger partial charge in [0.15, 0.2) is 0 Å². The van der Waals surface area contributed by atoms with E-state index in [1.54, 1.807) is 19.1 Å². The number of hydrogen-bond donors (Lipinski definition) is 1. The number of hydrogen-bond acceptors (Lipinski definition) is 3. The molecule has 0 radical (unpaired) electrons. The highest BCUT2D eigenvalue weighted by molar-refractivity contribution is 7.89. The Balaban J connectivity index is 2.91. The van der Waals surface area contributed by atoms with Crippen molar-refractivity contribution in [3.8, 4) is 0 Å². The molecule has 0 saturated carbocycles. The summed E-state index contributed by atoms with van der Waals surface area (Å²) in [6.45, 7) is 1.38. The normalized spacial score (nSPS) is 11.3. The molecule has 0 aliphatic carbocycles. The lowest BCUT2D eigenvalue weighted by atomic mass is 10.2. The molecule has 0 fully saturated rings. The van der Waals surface area contributed by atoms with Crippen molar-refractivity contribution in [3.63, 3.8) is 0 Å². The maximum Gasteiger partial charge on any atom is 0.241 e. The van der Waals surface area contributed by atoms with Crippen molar-refractivity contribution in [2.75, 3.05) is 6.54 Å². The van der Waals surface area contributed by atoms with Gasteiger partial charge in [0.25, 0.3) is 0 Å². The van der Waals surface area contributed by atoms with Gasteiger partial charge in [-0.05, 0) is 36.2 Å². The summed E-state index contributed by atoms with van der Waals surface area (Å²) in [4.78, 5) is 10.6. The van der Waals surface area contributed by atoms with Gasteiger partial charge < -0.3 is 0 Å². The summed E-state index contributed by atoms with van der Waals surface area (Å²) in [5.74, 6) is 0. The molecule has 6 heteroatoms. The fourth-order valence-electron chi connectivity index (χ4n) is 1.02. The first-order chi connectivity index (χ1) is 6.92. The van der Waals surface area contributed by atoms with Crippen LogP contribution < -0.4 is 4.72 Å². The van der Waals surface area contributed by atoms with Crippen LogP contribution >= 0.6 is 11.6 Å². The third-order valence-electron chi connectivity index (χ3n) is 1.70. The fourth-order valence-corrected chi connectivity index (χ4v) is 2.25. The van der Waals surface area contributed by atoms with Gasteiger partial charge in [-0.25, -0.2) is 13.1 Å². The van der Waals surface area contributed by atoms with Crippen molar-refractivity contribution < 1.29 is 13.2 Å². The quantitative estimate of drug-likeness (QED) is 0.809. The van der Waals surface area contributed by atoms with Crippen LogP contribution in [0.4, 0.5) is 0 Å². The molecule has 0 aromatic heterocycles. The van der Waals surface area contributed by atoms with Crippen LogP contribution in [0.25, 0.3) is 0 Å². The number of nitrogens with one attached hydrogen (secondary N) is 1. The highest BCUT2D eigenvalue weighted by atomic mass is 35.5. The Morgan fingerprint density at radius 2 is 2.13 bits per heavy atom. The number of carbonyl (C=O) groups excluding carboxylic acids is 1. The highest BCUT2D eigenvalue weighted by Gasteiger charge is 2.14. The van der Waals surface area contributed by atoms with Crippen LogP contribution in [-0.4, -0.2) is 20.2 Å². The summed E-state index contributed by atoms with van der Waals surface area (Å²) < 4.78 is 25.2. The summed E-state index contributed by atoms with van der Waals surface area (Å²) in [6, 6.07) is 6.38. The first-order valence-corrected chi connectivity index (χ1v) is 6.02. The molecule has 1 aromatic rings. The molecule has 1 N–H and O–H groups in total. The molecule has 4 nitrogen and oxygen atoms in total. The van der Waals surface area contributed by atoms with Crippen LogP contribution in [0.5, 0.6) is 0 Å². The standard InChI is InChI=1S/C9H10ClNO3S/c1-7-3-2-4-8(5-7)15(13,14)11-6-9(10)12/h2-5,11H,6H2,1H3. The summed E-state index contributed by atoms with van der Waals surface area (Å²) >= 11 is 5.04. The predicted octanol–water partition coefficient (Wildman–Crippen LogP) is 1.04. The SMILES string of the molecule is Cc1cccc(S(=O)(=O)NCC(=O)Cl)c1. The lowest BCUT2D eigenvalue weighted by molar-refractivity contribution is -0.110. The van der Waals surface area contributed by atoms with Crippen molar-refractivity contribution in [2.24, 2.45) is 0 Å². The maximum absolute atomic E-state index is 11.6. The smallest absolute Gasteiger partial charge is 0.241 e. The molecule has 0 bridgehead atoms. The average molecular weight is 248 g/mol. The van der Waals surface area contributed by atoms with Gasteiger partial charge in [-0.15, -0.1) is 0 Å². The predicted molar refractivity (Wildman–Crippen MR) is 57.2 cm³/mol. The van der Waals surface area contributed by atoms with Crippen molar-refractivity contribution in [3.05, 3.63) is 29.8 Å². The topological polar surface area (TPSA) is 63.2 Å². The number of aryl methyl sites for hydroxylation is 1. The van der Waals surface area contributed by atoms with Crippen LogP contribution in [-0.2, 0) is 14.8 Å². The molecule has 82 valence electrons. The second-order valence-electron chi connectivity index (χ2n) is 3.00. The van der Waals surface area contributed by atoms with Gasteiger partial charge in [-0.1, -0.05) is 12.1 Å². The zero-order valence-corrected chi connectivity index (χ0v) is 9.60. The van der Waals surface area contributed by atoms with Crippen LogP contribution in [0, 0.1) is 6.92 Å². The molecule has 0 spiro atoms. The number of carbonyl (C=O) groups is 1. The molecule has 0 atom stereocenters. The van der Waals surface area contributed by atoms with E-state index >= 15 is 0 Å². The molecule has 1 rings (SSSR count). The minimum atomic E-state index is -3.63. The average Bonchev–Trinajstić information content (AvgIpc) is 2.15. The van der Waals surface area contributed by atoms with Crippen LogP contribution in [0.2, 0.25) is 0 Å². The zero-order chi connectivity index (χ0) is 11.5. The van der Waals surface area contributed by atoms with Gasteiger partial charge in [-0.3, -0.25) is 4.79 Å². The Bertz CT molecular complexity index is 470. The molecule has 0 heterocycles. The molecule has 0 amide bonds. The molecule has 0 aliphatic rings. The third-order valence-corrected chi connectivity index (χ3v) is 3.23. The van der Waals surface area contributed by atoms with E-state index in [9.17, 15) is 13.2 Å². The molecule has 1 aromatic carbocycles. The van der Waals surface area contributed by atoms with Gasteiger partial charge in [-0.2, -0.15) is 0 Å². The highest BCUT2D eigenvalue weighted by Crippen LogP contribution is 2.10. The molecule has 0 saturated heterocycles.